The van der Waals surface area contributed by atoms with Crippen molar-refractivity contribution in [2.75, 3.05) is 6.61 Å². The zero-order valence-corrected chi connectivity index (χ0v) is 18.8. The van der Waals surface area contributed by atoms with Crippen molar-refractivity contribution in [1.29, 1.82) is 0 Å². The van der Waals surface area contributed by atoms with Crippen LogP contribution in [-0.4, -0.2) is 24.7 Å². The fraction of sp³-hybridized carbons (Fsp3) is 0.0870. The molecule has 0 atom stereocenters. The first-order valence-electron chi connectivity index (χ1n) is 9.30. The topological polar surface area (TPSA) is 77.0 Å². The van der Waals surface area contributed by atoms with Gasteiger partial charge < -0.3 is 9.47 Å². The van der Waals surface area contributed by atoms with Gasteiger partial charge in [0.25, 0.3) is 5.91 Å². The van der Waals surface area contributed by atoms with Crippen molar-refractivity contribution in [3.05, 3.63) is 92.9 Å². The highest BCUT2D eigenvalue weighted by molar-refractivity contribution is 9.10. The summed E-state index contributed by atoms with van der Waals surface area (Å²) in [4.78, 5) is 24.7. The lowest BCUT2D eigenvalue weighted by atomic mass is 10.2. The molecule has 8 heteroatoms. The van der Waals surface area contributed by atoms with E-state index in [0.717, 1.165) is 4.47 Å². The molecule has 31 heavy (non-hydrogen) atoms. The number of rotatable bonds is 7. The first-order valence-corrected chi connectivity index (χ1v) is 10.5. The van der Waals surface area contributed by atoms with Crippen molar-refractivity contribution >= 4 is 45.6 Å². The van der Waals surface area contributed by atoms with Crippen LogP contribution in [0.3, 0.4) is 0 Å². The molecule has 0 saturated heterocycles. The van der Waals surface area contributed by atoms with Crippen LogP contribution in [0.4, 0.5) is 0 Å². The fourth-order valence-corrected chi connectivity index (χ4v) is 3.06. The molecule has 1 amide bonds. The smallest absolute Gasteiger partial charge is 0.343 e. The molecule has 6 nitrogen and oxygen atoms in total. The number of nitrogens with one attached hydrogen (secondary N) is 1. The van der Waals surface area contributed by atoms with Crippen molar-refractivity contribution in [3.63, 3.8) is 0 Å². The lowest BCUT2D eigenvalue weighted by Gasteiger charge is -2.08. The molecule has 0 aromatic heterocycles. The molecule has 1 N–H and O–H groups in total. The minimum absolute atomic E-state index is 0.294. The largest absolute Gasteiger partial charge is 0.494 e. The molecule has 0 spiro atoms. The van der Waals surface area contributed by atoms with Gasteiger partial charge >= 0.3 is 5.97 Å². The molecule has 0 aliphatic heterocycles. The van der Waals surface area contributed by atoms with Crippen LogP contribution in [0.15, 0.2) is 76.3 Å². The second-order valence-corrected chi connectivity index (χ2v) is 7.59. The molecule has 0 aliphatic carbocycles. The van der Waals surface area contributed by atoms with E-state index in [1.54, 1.807) is 66.7 Å². The van der Waals surface area contributed by atoms with Gasteiger partial charge in [-0.2, -0.15) is 5.10 Å². The number of ether oxygens (including phenoxy) is 2. The summed E-state index contributed by atoms with van der Waals surface area (Å²) in [7, 11) is 0. The van der Waals surface area contributed by atoms with Gasteiger partial charge in [-0.3, -0.25) is 4.79 Å². The second-order valence-electron chi connectivity index (χ2n) is 6.24. The SMILES string of the molecule is CCOc1ccc(C(=O)N/N=C\c2cc(Br)ccc2OC(=O)c2ccc(Cl)cc2)cc1. The highest BCUT2D eigenvalue weighted by atomic mass is 79.9. The summed E-state index contributed by atoms with van der Waals surface area (Å²) in [5.74, 6) is 0.0621. The number of benzene rings is 3. The molecule has 0 fully saturated rings. The first-order chi connectivity index (χ1) is 15.0. The van der Waals surface area contributed by atoms with Crippen molar-refractivity contribution < 1.29 is 19.1 Å². The van der Waals surface area contributed by atoms with Gasteiger partial charge in [0.15, 0.2) is 0 Å². The first kappa shape index (κ1) is 22.5. The third kappa shape index (κ3) is 6.41. The van der Waals surface area contributed by atoms with E-state index in [-0.39, 0.29) is 5.91 Å². The lowest BCUT2D eigenvalue weighted by molar-refractivity contribution is 0.0734. The maximum atomic E-state index is 12.4. The molecule has 3 aromatic rings. The maximum Gasteiger partial charge on any atom is 0.343 e. The van der Waals surface area contributed by atoms with Crippen LogP contribution >= 0.6 is 27.5 Å². The summed E-state index contributed by atoms with van der Waals surface area (Å²) in [5.41, 5.74) is 3.75. The molecule has 0 unspecified atom stereocenters. The van der Waals surface area contributed by atoms with Crippen LogP contribution in [-0.2, 0) is 0 Å². The van der Waals surface area contributed by atoms with Crippen molar-refractivity contribution in [3.8, 4) is 11.5 Å². The van der Waals surface area contributed by atoms with Gasteiger partial charge in [0.05, 0.1) is 18.4 Å². The normalized spacial score (nSPS) is 10.7. The highest BCUT2D eigenvalue weighted by Gasteiger charge is 2.12. The molecule has 0 radical (unpaired) electrons. The Morgan fingerprint density at radius 2 is 1.71 bits per heavy atom. The van der Waals surface area contributed by atoms with Gasteiger partial charge in [-0.15, -0.1) is 0 Å². The minimum atomic E-state index is -0.535. The summed E-state index contributed by atoms with van der Waals surface area (Å²) < 4.78 is 11.6. The Bertz CT molecular complexity index is 1100. The summed E-state index contributed by atoms with van der Waals surface area (Å²) in [6.07, 6.45) is 1.40. The van der Waals surface area contributed by atoms with E-state index in [4.69, 9.17) is 21.1 Å². The molecule has 0 aliphatic rings. The average Bonchev–Trinajstić information content (AvgIpc) is 2.76. The Morgan fingerprint density at radius 1 is 1.03 bits per heavy atom. The number of hydrazone groups is 1. The van der Waals surface area contributed by atoms with E-state index < -0.39 is 5.97 Å². The summed E-state index contributed by atoms with van der Waals surface area (Å²) in [6.45, 7) is 2.44. The average molecular weight is 502 g/mol. The Hall–Kier alpha value is -3.16. The second kappa shape index (κ2) is 10.7. The molecule has 3 aromatic carbocycles. The van der Waals surface area contributed by atoms with E-state index in [9.17, 15) is 9.59 Å². The highest BCUT2D eigenvalue weighted by Crippen LogP contribution is 2.23. The number of halogens is 2. The van der Waals surface area contributed by atoms with Crippen LogP contribution in [0.2, 0.25) is 5.02 Å². The molecular weight excluding hydrogens is 484 g/mol. The number of esters is 1. The number of hydrogen-bond donors (Lipinski definition) is 1. The molecule has 3 rings (SSSR count). The standard InChI is InChI=1S/C23H18BrClN2O4/c1-2-30-20-10-5-15(6-11-20)22(28)27-26-14-17-13-18(24)7-12-21(17)31-23(29)16-3-8-19(25)9-4-16/h3-14H,2H2,1H3,(H,27,28)/b26-14-. The van der Waals surface area contributed by atoms with Gasteiger partial charge in [0.1, 0.15) is 11.5 Å². The van der Waals surface area contributed by atoms with E-state index >= 15 is 0 Å². The minimum Gasteiger partial charge on any atom is -0.494 e. The predicted molar refractivity (Wildman–Crippen MR) is 123 cm³/mol. The lowest BCUT2D eigenvalue weighted by Crippen LogP contribution is -2.17. The number of hydrogen-bond acceptors (Lipinski definition) is 5. The molecule has 0 bridgehead atoms. The number of carbonyl (C=O) groups excluding carboxylic acids is 2. The maximum absolute atomic E-state index is 12.4. The number of amides is 1. The van der Waals surface area contributed by atoms with Crippen LogP contribution in [0.5, 0.6) is 11.5 Å². The van der Waals surface area contributed by atoms with Crippen LogP contribution in [0.25, 0.3) is 0 Å². The quantitative estimate of drug-likeness (QED) is 0.201. The Balaban J connectivity index is 1.69. The van der Waals surface area contributed by atoms with E-state index in [2.05, 4.69) is 26.5 Å². The Labute approximate surface area is 193 Å². The molecular formula is C23H18BrClN2O4. The molecule has 0 heterocycles. The molecule has 158 valence electrons. The summed E-state index contributed by atoms with van der Waals surface area (Å²) in [6, 6.07) is 18.2. The zero-order chi connectivity index (χ0) is 22.2. The van der Waals surface area contributed by atoms with Crippen molar-refractivity contribution in [1.82, 2.24) is 5.43 Å². The number of carbonyl (C=O) groups is 2. The number of nitrogens with zero attached hydrogens (tertiary/aromatic N) is 1. The third-order valence-corrected chi connectivity index (χ3v) is 4.80. The van der Waals surface area contributed by atoms with E-state index in [1.165, 1.54) is 6.21 Å². The fourth-order valence-electron chi connectivity index (χ4n) is 2.55. The summed E-state index contributed by atoms with van der Waals surface area (Å²) in [5, 5.41) is 4.51. The van der Waals surface area contributed by atoms with Crippen molar-refractivity contribution in [2.24, 2.45) is 5.10 Å². The van der Waals surface area contributed by atoms with E-state index in [0.29, 0.717) is 39.8 Å². The predicted octanol–water partition coefficient (Wildman–Crippen LogP) is 5.48. The van der Waals surface area contributed by atoms with Gasteiger partial charge in [-0.05, 0) is 73.7 Å². The van der Waals surface area contributed by atoms with Gasteiger partial charge in [0, 0.05) is 20.6 Å². The van der Waals surface area contributed by atoms with Crippen molar-refractivity contribution in [2.45, 2.75) is 6.92 Å². The van der Waals surface area contributed by atoms with Crippen LogP contribution in [0.1, 0.15) is 33.2 Å². The monoisotopic (exact) mass is 500 g/mol. The molecule has 0 saturated carbocycles. The zero-order valence-electron chi connectivity index (χ0n) is 16.5. The van der Waals surface area contributed by atoms with Crippen LogP contribution in [0, 0.1) is 0 Å². The van der Waals surface area contributed by atoms with Gasteiger partial charge in [-0.25, -0.2) is 10.2 Å². The Kier molecular flexibility index (Phi) is 7.81. The van der Waals surface area contributed by atoms with Crippen LogP contribution < -0.4 is 14.9 Å². The van der Waals surface area contributed by atoms with E-state index in [1.807, 2.05) is 6.92 Å². The van der Waals surface area contributed by atoms with Gasteiger partial charge in [-0.1, -0.05) is 27.5 Å². The third-order valence-electron chi connectivity index (χ3n) is 4.05. The summed E-state index contributed by atoms with van der Waals surface area (Å²) >= 11 is 9.23. The van der Waals surface area contributed by atoms with Gasteiger partial charge in [0.2, 0.25) is 0 Å². The Morgan fingerprint density at radius 3 is 2.39 bits per heavy atom.